The number of hydrogen-bond acceptors (Lipinski definition) is 7. The number of aryl methyl sites for hydroxylation is 1. The lowest BCUT2D eigenvalue weighted by atomic mass is 10.2. The van der Waals surface area contributed by atoms with Gasteiger partial charge in [0.15, 0.2) is 5.16 Å². The molecule has 0 atom stereocenters. The van der Waals surface area contributed by atoms with Gasteiger partial charge in [-0.25, -0.2) is 0 Å². The van der Waals surface area contributed by atoms with E-state index in [2.05, 4.69) is 20.8 Å². The molecule has 3 rings (SSSR count). The molecule has 1 aromatic carbocycles. The van der Waals surface area contributed by atoms with E-state index in [4.69, 9.17) is 5.26 Å². The van der Waals surface area contributed by atoms with Gasteiger partial charge in [0.05, 0.1) is 17.0 Å². The zero-order valence-corrected chi connectivity index (χ0v) is 16.7. The molecule has 2 amide bonds. The second kappa shape index (κ2) is 8.69. The molecular formula is C18H16N6O2S2. The highest BCUT2D eigenvalue weighted by atomic mass is 32.2. The van der Waals surface area contributed by atoms with Gasteiger partial charge in [-0.2, -0.15) is 5.26 Å². The average Bonchev–Trinajstić information content (AvgIpc) is 3.25. The Bertz CT molecular complexity index is 1070. The maximum Gasteiger partial charge on any atom is 0.235 e. The number of nitrogens with one attached hydrogen (secondary N) is 2. The van der Waals surface area contributed by atoms with Gasteiger partial charge in [0.1, 0.15) is 16.9 Å². The van der Waals surface area contributed by atoms with Crippen molar-refractivity contribution in [2.75, 3.05) is 16.4 Å². The summed E-state index contributed by atoms with van der Waals surface area (Å²) in [5, 5.41) is 25.6. The first-order valence-corrected chi connectivity index (χ1v) is 10.0. The van der Waals surface area contributed by atoms with Crippen molar-refractivity contribution >= 4 is 45.6 Å². The van der Waals surface area contributed by atoms with Crippen LogP contribution in [0.15, 0.2) is 40.9 Å². The first kappa shape index (κ1) is 19.6. The fourth-order valence-corrected chi connectivity index (χ4v) is 4.00. The van der Waals surface area contributed by atoms with E-state index < -0.39 is 0 Å². The first-order chi connectivity index (χ1) is 13.5. The molecule has 2 aromatic heterocycles. The highest BCUT2D eigenvalue weighted by Gasteiger charge is 2.15. The smallest absolute Gasteiger partial charge is 0.235 e. The van der Waals surface area contributed by atoms with Crippen molar-refractivity contribution in [3.05, 3.63) is 47.1 Å². The topological polar surface area (TPSA) is 113 Å². The highest BCUT2D eigenvalue weighted by molar-refractivity contribution is 7.99. The fourth-order valence-electron chi connectivity index (χ4n) is 2.45. The van der Waals surface area contributed by atoms with Gasteiger partial charge in [-0.3, -0.25) is 14.2 Å². The molecule has 0 saturated heterocycles. The van der Waals surface area contributed by atoms with Gasteiger partial charge in [-0.1, -0.05) is 17.8 Å². The lowest BCUT2D eigenvalue weighted by molar-refractivity contribution is -0.114. The maximum absolute atomic E-state index is 12.2. The Hall–Kier alpha value is -3.16. The molecule has 0 unspecified atom stereocenters. The van der Waals surface area contributed by atoms with E-state index in [-0.39, 0.29) is 17.6 Å². The van der Waals surface area contributed by atoms with Gasteiger partial charge < -0.3 is 10.6 Å². The molecule has 2 heterocycles. The monoisotopic (exact) mass is 412 g/mol. The summed E-state index contributed by atoms with van der Waals surface area (Å²) in [6, 6.07) is 11.0. The van der Waals surface area contributed by atoms with E-state index in [9.17, 15) is 9.59 Å². The van der Waals surface area contributed by atoms with E-state index in [1.165, 1.54) is 30.0 Å². The number of thiophene rings is 1. The molecule has 0 aliphatic heterocycles. The van der Waals surface area contributed by atoms with Crippen molar-refractivity contribution < 1.29 is 9.59 Å². The molecule has 28 heavy (non-hydrogen) atoms. The summed E-state index contributed by atoms with van der Waals surface area (Å²) in [7, 11) is 0. The zero-order chi connectivity index (χ0) is 20.1. The van der Waals surface area contributed by atoms with E-state index in [1.807, 2.05) is 35.8 Å². The highest BCUT2D eigenvalue weighted by Crippen LogP contribution is 2.25. The predicted molar refractivity (Wildman–Crippen MR) is 109 cm³/mol. The number of thioether (sulfide) groups is 1. The zero-order valence-electron chi connectivity index (χ0n) is 15.1. The number of carbonyl (C=O) groups excluding carboxylic acids is 2. The third-order valence-electron chi connectivity index (χ3n) is 3.59. The van der Waals surface area contributed by atoms with Crippen molar-refractivity contribution in [1.82, 2.24) is 14.8 Å². The van der Waals surface area contributed by atoms with Gasteiger partial charge >= 0.3 is 0 Å². The third kappa shape index (κ3) is 4.57. The Kier molecular flexibility index (Phi) is 6.08. The van der Waals surface area contributed by atoms with Gasteiger partial charge in [-0.15, -0.1) is 21.5 Å². The van der Waals surface area contributed by atoms with Gasteiger partial charge in [0, 0.05) is 12.6 Å². The van der Waals surface area contributed by atoms with Crippen LogP contribution in [0, 0.1) is 18.3 Å². The van der Waals surface area contributed by atoms with Crippen LogP contribution in [0.2, 0.25) is 0 Å². The molecule has 0 aliphatic carbocycles. The van der Waals surface area contributed by atoms with Crippen LogP contribution in [0.4, 0.5) is 10.7 Å². The molecule has 0 bridgehead atoms. The Morgan fingerprint density at radius 1 is 1.29 bits per heavy atom. The number of carbonyl (C=O) groups is 2. The van der Waals surface area contributed by atoms with Gasteiger partial charge in [0.25, 0.3) is 0 Å². The lowest BCUT2D eigenvalue weighted by Gasteiger charge is -2.10. The van der Waals surface area contributed by atoms with Crippen molar-refractivity contribution in [3.8, 4) is 11.8 Å². The minimum atomic E-state index is -0.233. The molecule has 0 aliphatic rings. The lowest BCUT2D eigenvalue weighted by Crippen LogP contribution is -2.14. The fraction of sp³-hybridized carbons (Fsp3) is 0.167. The van der Waals surface area contributed by atoms with E-state index >= 15 is 0 Å². The summed E-state index contributed by atoms with van der Waals surface area (Å²) >= 11 is 2.54. The van der Waals surface area contributed by atoms with Crippen molar-refractivity contribution in [3.63, 3.8) is 0 Å². The van der Waals surface area contributed by atoms with Crippen LogP contribution in [0.25, 0.3) is 5.69 Å². The number of anilines is 2. The summed E-state index contributed by atoms with van der Waals surface area (Å²) in [4.78, 5) is 23.5. The number of rotatable bonds is 6. The standard InChI is InChI=1S/C18H16N6O2S2/c1-11-22-23-18(24(11)15-5-3-4-14(8-15)20-12(2)25)28-10-16(26)21-17-13(9-19)6-7-27-17/h3-8H,10H2,1-2H3,(H,20,25)(H,21,26). The van der Waals surface area contributed by atoms with Crippen molar-refractivity contribution in [1.29, 1.82) is 5.26 Å². The number of benzene rings is 1. The largest absolute Gasteiger partial charge is 0.326 e. The minimum Gasteiger partial charge on any atom is -0.326 e. The second-order valence-electron chi connectivity index (χ2n) is 5.71. The molecule has 0 radical (unpaired) electrons. The van der Waals surface area contributed by atoms with Crippen LogP contribution >= 0.6 is 23.1 Å². The summed E-state index contributed by atoms with van der Waals surface area (Å²) in [5.41, 5.74) is 1.88. The van der Waals surface area contributed by atoms with Crippen LogP contribution < -0.4 is 10.6 Å². The average molecular weight is 413 g/mol. The minimum absolute atomic E-state index is 0.117. The Morgan fingerprint density at radius 2 is 2.11 bits per heavy atom. The van der Waals surface area contributed by atoms with E-state index in [0.717, 1.165) is 5.69 Å². The summed E-state index contributed by atoms with van der Waals surface area (Å²) in [6.07, 6.45) is 0. The Balaban J connectivity index is 1.74. The number of aromatic nitrogens is 3. The molecule has 8 nitrogen and oxygen atoms in total. The predicted octanol–water partition coefficient (Wildman–Crippen LogP) is 3.20. The first-order valence-electron chi connectivity index (χ1n) is 8.18. The number of nitrogens with zero attached hydrogens (tertiary/aromatic N) is 4. The van der Waals surface area contributed by atoms with Crippen LogP contribution in [0.5, 0.6) is 0 Å². The summed E-state index contributed by atoms with van der Waals surface area (Å²) < 4.78 is 1.81. The second-order valence-corrected chi connectivity index (χ2v) is 7.57. The van der Waals surface area contributed by atoms with Crippen molar-refractivity contribution in [2.45, 2.75) is 19.0 Å². The number of hydrogen-bond donors (Lipinski definition) is 2. The third-order valence-corrected chi connectivity index (χ3v) is 5.35. The number of amides is 2. The maximum atomic E-state index is 12.2. The van der Waals surface area contributed by atoms with Crippen LogP contribution in [0.1, 0.15) is 18.3 Å². The number of nitriles is 1. The van der Waals surface area contributed by atoms with Crippen LogP contribution in [0.3, 0.4) is 0 Å². The van der Waals surface area contributed by atoms with E-state index in [1.54, 1.807) is 17.5 Å². The van der Waals surface area contributed by atoms with Crippen LogP contribution in [-0.4, -0.2) is 32.3 Å². The quantitative estimate of drug-likeness (QED) is 0.601. The normalized spacial score (nSPS) is 10.3. The summed E-state index contributed by atoms with van der Waals surface area (Å²) in [5.74, 6) is 0.386. The molecule has 0 fully saturated rings. The van der Waals surface area contributed by atoms with Gasteiger partial charge in [-0.05, 0) is 36.6 Å². The van der Waals surface area contributed by atoms with Gasteiger partial charge in [0.2, 0.25) is 11.8 Å². The molecule has 0 spiro atoms. The molecule has 3 aromatic rings. The molecular weight excluding hydrogens is 396 g/mol. The molecule has 142 valence electrons. The summed E-state index contributed by atoms with van der Waals surface area (Å²) in [6.45, 7) is 3.26. The SMILES string of the molecule is CC(=O)Nc1cccc(-n2c(C)nnc2SCC(=O)Nc2sccc2C#N)c1. The van der Waals surface area contributed by atoms with Crippen LogP contribution in [-0.2, 0) is 9.59 Å². The van der Waals surface area contributed by atoms with E-state index in [0.29, 0.717) is 27.2 Å². The molecule has 0 saturated carbocycles. The Morgan fingerprint density at radius 3 is 2.86 bits per heavy atom. The molecule has 2 N–H and O–H groups in total. The molecule has 10 heteroatoms. The Labute approximate surface area is 169 Å². The van der Waals surface area contributed by atoms with Crippen molar-refractivity contribution in [2.24, 2.45) is 0 Å².